The van der Waals surface area contributed by atoms with Gasteiger partial charge in [-0.15, -0.1) is 11.3 Å². The van der Waals surface area contributed by atoms with E-state index in [-0.39, 0.29) is 48.7 Å². The second-order valence-electron chi connectivity index (χ2n) is 20.5. The molecule has 3 fully saturated rings. The number of thiocarbonyl (C=S) groups is 1. The molecule has 0 bridgehead atoms. The number of nitrogens with zero attached hydrogens (tertiary/aromatic N) is 7. The van der Waals surface area contributed by atoms with Crippen LogP contribution in [0.5, 0.6) is 0 Å². The molecule has 20 heteroatoms. The van der Waals surface area contributed by atoms with Crippen LogP contribution in [0.25, 0.3) is 21.6 Å². The van der Waals surface area contributed by atoms with Crippen LogP contribution < -0.4 is 25.3 Å². The van der Waals surface area contributed by atoms with Crippen LogP contribution in [0.1, 0.15) is 76.3 Å². The predicted octanol–water partition coefficient (Wildman–Crippen LogP) is 8.03. The zero-order valence-electron chi connectivity index (χ0n) is 41.9. The van der Waals surface area contributed by atoms with Crippen molar-refractivity contribution in [1.82, 2.24) is 25.5 Å². The SMILES string of the molecule is Cc1ncsc1-c1ccc(CNC(=O)[C@@H]2C[C@@H](O)CN2C(=O)C(NC(=O)COCC2CCN(c3ccc(-c4ccc(N5C(=S)N(c6ccc(C#N)c(C(F)(F)F)c6)C(=O)C5(C)C)cc4)cn3)CC2)C(C)(C)C)cc1. The molecular formula is C54H58F3N9O6S2. The van der Waals surface area contributed by atoms with Crippen LogP contribution in [0.3, 0.4) is 0 Å². The number of halogens is 3. The van der Waals surface area contributed by atoms with Gasteiger partial charge >= 0.3 is 6.18 Å². The van der Waals surface area contributed by atoms with E-state index in [0.29, 0.717) is 12.3 Å². The van der Waals surface area contributed by atoms with Crippen molar-refractivity contribution >= 4 is 69.5 Å². The first kappa shape index (κ1) is 53.5. The minimum absolute atomic E-state index is 0.00600. The summed E-state index contributed by atoms with van der Waals surface area (Å²) in [4.78, 5) is 71.0. The summed E-state index contributed by atoms with van der Waals surface area (Å²) in [5.41, 5.74) is 3.20. The quantitative estimate of drug-likeness (QED) is 0.0912. The number of carbonyl (C=O) groups is 4. The average molecular weight is 1050 g/mol. The van der Waals surface area contributed by atoms with Crippen molar-refractivity contribution in [3.05, 3.63) is 113 Å². The van der Waals surface area contributed by atoms with Gasteiger partial charge in [0.25, 0.3) is 5.91 Å². The van der Waals surface area contributed by atoms with Crippen molar-refractivity contribution in [2.75, 3.05) is 47.5 Å². The Kier molecular flexibility index (Phi) is 15.6. The molecule has 3 saturated heterocycles. The first-order valence-corrected chi connectivity index (χ1v) is 25.6. The largest absolute Gasteiger partial charge is 0.417 e. The summed E-state index contributed by atoms with van der Waals surface area (Å²) in [7, 11) is 0. The van der Waals surface area contributed by atoms with E-state index in [4.69, 9.17) is 21.9 Å². The molecule has 8 rings (SSSR count). The van der Waals surface area contributed by atoms with Crippen molar-refractivity contribution in [3.63, 3.8) is 0 Å². The topological polar surface area (TPSA) is 184 Å². The second kappa shape index (κ2) is 21.6. The van der Waals surface area contributed by atoms with Gasteiger partial charge in [0, 0.05) is 50.0 Å². The highest BCUT2D eigenvalue weighted by Gasteiger charge is 2.51. The van der Waals surface area contributed by atoms with Crippen molar-refractivity contribution in [1.29, 1.82) is 5.26 Å². The third-order valence-electron chi connectivity index (χ3n) is 13.8. The van der Waals surface area contributed by atoms with Crippen LogP contribution in [0, 0.1) is 29.6 Å². The number of benzene rings is 3. The number of aliphatic hydroxyl groups is 1. The van der Waals surface area contributed by atoms with E-state index in [1.807, 2.05) is 76.2 Å². The van der Waals surface area contributed by atoms with Gasteiger partial charge < -0.3 is 35.2 Å². The summed E-state index contributed by atoms with van der Waals surface area (Å²) in [6.07, 6.45) is -2.23. The molecule has 1 unspecified atom stereocenters. The number of nitrogens with one attached hydrogen (secondary N) is 2. The lowest BCUT2D eigenvalue weighted by Crippen LogP contribution is -2.58. The molecule has 0 saturated carbocycles. The van der Waals surface area contributed by atoms with Gasteiger partial charge in [0.2, 0.25) is 17.7 Å². The molecule has 3 aliphatic rings. The molecule has 4 amide bonds. The summed E-state index contributed by atoms with van der Waals surface area (Å²) in [6, 6.07) is 21.8. The van der Waals surface area contributed by atoms with Crippen LogP contribution in [0.4, 0.5) is 30.4 Å². The fourth-order valence-corrected chi connectivity index (χ4v) is 11.0. The van der Waals surface area contributed by atoms with Gasteiger partial charge in [-0.05, 0) is 116 Å². The molecule has 3 atom stereocenters. The maximum atomic E-state index is 14.1. The van der Waals surface area contributed by atoms with Gasteiger partial charge in [-0.3, -0.25) is 24.1 Å². The molecule has 5 aromatic rings. The lowest BCUT2D eigenvalue weighted by atomic mass is 9.85. The van der Waals surface area contributed by atoms with Crippen LogP contribution >= 0.6 is 23.6 Å². The number of likely N-dealkylation sites (tertiary alicyclic amines) is 1. The Balaban J connectivity index is 0.798. The number of aliphatic hydroxyl groups excluding tert-OH is 1. The number of thiazole rings is 1. The molecule has 3 aliphatic heterocycles. The number of anilines is 3. The zero-order valence-corrected chi connectivity index (χ0v) is 43.5. The second-order valence-corrected chi connectivity index (χ2v) is 21.7. The number of nitriles is 1. The summed E-state index contributed by atoms with van der Waals surface area (Å²) in [6.45, 7) is 12.5. The predicted molar refractivity (Wildman–Crippen MR) is 280 cm³/mol. The molecule has 0 radical (unpaired) electrons. The number of piperidine rings is 1. The Morgan fingerprint density at radius 3 is 2.23 bits per heavy atom. The fourth-order valence-electron chi connectivity index (χ4n) is 9.64. The number of amides is 4. The fraction of sp³-hybridized carbons (Fsp3) is 0.407. The molecule has 74 heavy (non-hydrogen) atoms. The molecule has 2 aromatic heterocycles. The number of hydrogen-bond acceptors (Lipinski definition) is 12. The number of aromatic nitrogens is 2. The summed E-state index contributed by atoms with van der Waals surface area (Å²) in [5.74, 6) is -0.799. The molecule has 3 N–H and O–H groups in total. The van der Waals surface area contributed by atoms with E-state index in [1.165, 1.54) is 11.0 Å². The van der Waals surface area contributed by atoms with E-state index < -0.39 is 64.2 Å². The van der Waals surface area contributed by atoms with Gasteiger partial charge in [0.1, 0.15) is 30.0 Å². The highest BCUT2D eigenvalue weighted by Crippen LogP contribution is 2.40. The van der Waals surface area contributed by atoms with Gasteiger partial charge in [-0.1, -0.05) is 57.2 Å². The van der Waals surface area contributed by atoms with Gasteiger partial charge in [-0.25, -0.2) is 9.97 Å². The summed E-state index contributed by atoms with van der Waals surface area (Å²) >= 11 is 7.26. The number of alkyl halides is 3. The smallest absolute Gasteiger partial charge is 0.391 e. The van der Waals surface area contributed by atoms with E-state index >= 15 is 0 Å². The minimum Gasteiger partial charge on any atom is -0.391 e. The first-order valence-electron chi connectivity index (χ1n) is 24.3. The normalized spacial score (nSPS) is 18.7. The van der Waals surface area contributed by atoms with Crippen LogP contribution in [0.15, 0.2) is 90.6 Å². The van der Waals surface area contributed by atoms with Gasteiger partial charge in [0.15, 0.2) is 5.11 Å². The Hall–Kier alpha value is -6.79. The number of carbonyl (C=O) groups excluding carboxylic acids is 4. The summed E-state index contributed by atoms with van der Waals surface area (Å²) < 4.78 is 47.3. The number of rotatable bonds is 14. The van der Waals surface area contributed by atoms with E-state index in [1.54, 1.807) is 60.0 Å². The van der Waals surface area contributed by atoms with Gasteiger partial charge in [-0.2, -0.15) is 18.4 Å². The van der Waals surface area contributed by atoms with Crippen LogP contribution in [-0.2, 0) is 36.6 Å². The van der Waals surface area contributed by atoms with E-state index in [9.17, 15) is 42.7 Å². The number of hydrogen-bond donors (Lipinski definition) is 3. The monoisotopic (exact) mass is 1050 g/mol. The highest BCUT2D eigenvalue weighted by molar-refractivity contribution is 7.81. The Labute approximate surface area is 437 Å². The van der Waals surface area contributed by atoms with Crippen LogP contribution in [0.2, 0.25) is 0 Å². The van der Waals surface area contributed by atoms with Crippen molar-refractivity contribution in [3.8, 4) is 27.6 Å². The number of β-amino-alcohol motifs (C(OH)–C–C–N with tert-alkyl or cyclic N) is 1. The average Bonchev–Trinajstić information content (AvgIpc) is 4.04. The molecule has 15 nitrogen and oxygen atoms in total. The molecule has 388 valence electrons. The number of pyridine rings is 1. The third-order valence-corrected chi connectivity index (χ3v) is 15.1. The molecule has 0 spiro atoms. The molecule has 0 aliphatic carbocycles. The lowest BCUT2D eigenvalue weighted by molar-refractivity contribution is -0.144. The Morgan fingerprint density at radius 2 is 1.62 bits per heavy atom. The van der Waals surface area contributed by atoms with Crippen molar-refractivity contribution in [2.24, 2.45) is 11.3 Å². The Morgan fingerprint density at radius 1 is 0.959 bits per heavy atom. The highest BCUT2D eigenvalue weighted by atomic mass is 32.1. The minimum atomic E-state index is -4.81. The van der Waals surface area contributed by atoms with E-state index in [0.717, 1.165) is 81.6 Å². The first-order chi connectivity index (χ1) is 35.0. The maximum absolute atomic E-state index is 14.1. The third kappa shape index (κ3) is 11.5. The van der Waals surface area contributed by atoms with Gasteiger partial charge in [0.05, 0.1) is 51.7 Å². The van der Waals surface area contributed by atoms with Crippen molar-refractivity contribution in [2.45, 2.75) is 97.3 Å². The molecule has 5 heterocycles. The van der Waals surface area contributed by atoms with Crippen molar-refractivity contribution < 1.29 is 42.2 Å². The number of ether oxygens (including phenoxy) is 1. The standard InChI is InChI=1S/C54H58F3N9O6S2/c1-32-46(74-31-61-32)36-9-7-33(8-10-36)26-60-48(69)43-24-41(67)28-64(43)49(70)47(52(2,3)4)62-45(68)30-72-29-34-19-21-63(22-20-34)44-18-14-38(27-59-44)35-11-15-39(16-12-35)66-51(73)65(50(71)53(66,5)6)40-17-13-37(25-58)42(23-40)54(55,56)57/h7-18,23,27,31,34,41,43,47,67H,19-22,24,26,28-30H2,1-6H3,(H,60,69)(H,62,68)/t41-,43+,47?/m1/s1. The summed E-state index contributed by atoms with van der Waals surface area (Å²) in [5, 5.41) is 25.7. The van der Waals surface area contributed by atoms with E-state index in [2.05, 4.69) is 20.5 Å². The zero-order chi connectivity index (χ0) is 53.3. The maximum Gasteiger partial charge on any atom is 0.417 e. The Bertz CT molecular complexity index is 2950. The number of aryl methyl sites for hydroxylation is 1. The lowest BCUT2D eigenvalue weighted by Gasteiger charge is -2.35. The van der Waals surface area contributed by atoms with Crippen LogP contribution in [-0.4, -0.2) is 105 Å². The molecule has 3 aromatic carbocycles. The molecular weight excluding hydrogens is 992 g/mol.